The van der Waals surface area contributed by atoms with Gasteiger partial charge in [0.05, 0.1) is 0 Å². The topological polar surface area (TPSA) is 168 Å². The lowest BCUT2D eigenvalue weighted by Gasteiger charge is -2.49. The summed E-state index contributed by atoms with van der Waals surface area (Å²) in [5.74, 6) is -2.41. The second-order valence-corrected chi connectivity index (χ2v) is 12.9. The molecular weight excluding hydrogens is 556 g/mol. The Kier molecular flexibility index (Phi) is 8.04. The van der Waals surface area contributed by atoms with E-state index in [1.807, 2.05) is 35.2 Å². The van der Waals surface area contributed by atoms with Crippen LogP contribution >= 0.6 is 23.1 Å². The summed E-state index contributed by atoms with van der Waals surface area (Å²) in [5, 5.41) is 17.7. The molecule has 0 radical (unpaired) electrons. The first kappa shape index (κ1) is 29.2. The van der Waals surface area contributed by atoms with Gasteiger partial charge in [-0.25, -0.2) is 14.3 Å². The fourth-order valence-corrected chi connectivity index (χ4v) is 6.36. The van der Waals surface area contributed by atoms with E-state index in [1.54, 1.807) is 34.6 Å². The normalized spacial score (nSPS) is 19.6. The van der Waals surface area contributed by atoms with Crippen molar-refractivity contribution in [1.82, 2.24) is 15.2 Å². The molecule has 0 aliphatic carbocycles. The summed E-state index contributed by atoms with van der Waals surface area (Å²) in [7, 11) is 0. The third kappa shape index (κ3) is 5.87. The van der Waals surface area contributed by atoms with Crippen LogP contribution in [0, 0.1) is 5.41 Å². The molecule has 1 fully saturated rings. The number of rotatable bonds is 9. The maximum absolute atomic E-state index is 13.4. The van der Waals surface area contributed by atoms with Crippen LogP contribution in [0.4, 0.5) is 5.13 Å². The number of nitrogens with zero attached hydrogens (tertiary/aromatic N) is 4. The lowest BCUT2D eigenvalue weighted by molar-refractivity contribution is -0.689. The van der Waals surface area contributed by atoms with Crippen LogP contribution in [-0.4, -0.2) is 67.0 Å². The molecule has 2 aromatic rings. The largest absolute Gasteiger partial charge is 0.477 e. The zero-order chi connectivity index (χ0) is 29.4. The molecule has 0 saturated carbocycles. The van der Waals surface area contributed by atoms with E-state index >= 15 is 0 Å². The Morgan fingerprint density at radius 3 is 2.48 bits per heavy atom. The monoisotopic (exact) mass is 587 g/mol. The summed E-state index contributed by atoms with van der Waals surface area (Å²) in [6.45, 7) is 8.65. The van der Waals surface area contributed by atoms with Gasteiger partial charge in [-0.1, -0.05) is 32.0 Å². The van der Waals surface area contributed by atoms with Gasteiger partial charge in [0.2, 0.25) is 0 Å². The predicted molar refractivity (Wildman–Crippen MR) is 149 cm³/mol. The number of anilines is 1. The first-order chi connectivity index (χ1) is 18.7. The lowest BCUT2D eigenvalue weighted by atomic mass is 9.82. The maximum atomic E-state index is 13.4. The fourth-order valence-electron chi connectivity index (χ4n) is 4.48. The lowest BCUT2D eigenvalue weighted by Crippen LogP contribution is -2.71. The van der Waals surface area contributed by atoms with E-state index in [0.717, 1.165) is 11.3 Å². The minimum Gasteiger partial charge on any atom is -0.477 e. The van der Waals surface area contributed by atoms with Gasteiger partial charge in [0.25, 0.3) is 11.8 Å². The van der Waals surface area contributed by atoms with Crippen LogP contribution < -0.4 is 15.6 Å². The highest BCUT2D eigenvalue weighted by molar-refractivity contribution is 8.00. The SMILES string of the molecule is CC(C)(C)C(=O)C(C)(C)ON=C(C(=O)N[C@@H]1C(=O)N2C(C(=O)O)=C(C[n+]3ccccc3)CS[C@H]12)c1csc(N)n1. The number of carbonyl (C=O) groups excluding carboxylic acids is 3. The number of thioether (sulfide) groups is 1. The Morgan fingerprint density at radius 1 is 1.23 bits per heavy atom. The first-order valence-corrected chi connectivity index (χ1v) is 14.3. The molecule has 2 amide bonds. The molecule has 12 nitrogen and oxygen atoms in total. The average molecular weight is 588 g/mol. The zero-order valence-corrected chi connectivity index (χ0v) is 24.3. The molecule has 4 N–H and O–H groups in total. The minimum atomic E-state index is -1.36. The van der Waals surface area contributed by atoms with E-state index in [-0.39, 0.29) is 28.0 Å². The summed E-state index contributed by atoms with van der Waals surface area (Å²) in [4.78, 5) is 62.5. The van der Waals surface area contributed by atoms with Crippen LogP contribution in [-0.2, 0) is 30.6 Å². The van der Waals surface area contributed by atoms with Crippen LogP contribution in [0.3, 0.4) is 0 Å². The predicted octanol–water partition coefficient (Wildman–Crippen LogP) is 1.57. The van der Waals surface area contributed by atoms with E-state index in [0.29, 0.717) is 17.9 Å². The van der Waals surface area contributed by atoms with Gasteiger partial charge >= 0.3 is 5.97 Å². The number of thiazole rings is 1. The number of hydrogen-bond donors (Lipinski definition) is 3. The van der Waals surface area contributed by atoms with E-state index in [2.05, 4.69) is 15.5 Å². The Morgan fingerprint density at radius 2 is 1.90 bits per heavy atom. The van der Waals surface area contributed by atoms with Crippen LogP contribution in [0.25, 0.3) is 0 Å². The molecule has 4 rings (SSSR count). The fraction of sp³-hybridized carbons (Fsp3) is 0.423. The van der Waals surface area contributed by atoms with Gasteiger partial charge in [-0.05, 0) is 13.8 Å². The Bertz CT molecular complexity index is 1410. The number of nitrogen functional groups attached to an aromatic ring is 1. The number of nitrogens with one attached hydrogen (secondary N) is 1. The van der Waals surface area contributed by atoms with Crippen LogP contribution in [0.5, 0.6) is 0 Å². The molecule has 2 aliphatic heterocycles. The van der Waals surface area contributed by atoms with Crippen molar-refractivity contribution in [1.29, 1.82) is 0 Å². The number of amides is 2. The molecule has 212 valence electrons. The van der Waals surface area contributed by atoms with Crippen LogP contribution in [0.15, 0.2) is 52.4 Å². The van der Waals surface area contributed by atoms with Gasteiger partial charge in [-0.2, -0.15) is 0 Å². The number of β-lactam (4-membered cyclic amide) rings is 1. The molecule has 2 aliphatic rings. The molecule has 14 heteroatoms. The summed E-state index contributed by atoms with van der Waals surface area (Å²) < 4.78 is 1.83. The molecule has 2 atom stereocenters. The molecule has 0 unspecified atom stereocenters. The van der Waals surface area contributed by atoms with Crippen molar-refractivity contribution in [2.24, 2.45) is 10.6 Å². The number of carboxylic acids is 1. The quantitative estimate of drug-likeness (QED) is 0.171. The van der Waals surface area contributed by atoms with Crippen molar-refractivity contribution in [3.63, 3.8) is 0 Å². The number of aliphatic carboxylic acids is 1. The van der Waals surface area contributed by atoms with Crippen molar-refractivity contribution in [2.75, 3.05) is 11.5 Å². The van der Waals surface area contributed by atoms with Crippen molar-refractivity contribution >= 4 is 57.5 Å². The van der Waals surface area contributed by atoms with Crippen molar-refractivity contribution in [3.05, 3.63) is 52.9 Å². The molecule has 0 bridgehead atoms. The van der Waals surface area contributed by atoms with Crippen molar-refractivity contribution in [2.45, 2.75) is 58.2 Å². The molecule has 0 spiro atoms. The van der Waals surface area contributed by atoms with E-state index in [9.17, 15) is 24.3 Å². The third-order valence-electron chi connectivity index (χ3n) is 6.26. The Balaban J connectivity index is 1.56. The molecule has 40 heavy (non-hydrogen) atoms. The van der Waals surface area contributed by atoms with Crippen LogP contribution in [0.1, 0.15) is 40.3 Å². The van der Waals surface area contributed by atoms with E-state index in [4.69, 9.17) is 10.6 Å². The summed E-state index contributed by atoms with van der Waals surface area (Å²) >= 11 is 2.44. The number of oxime groups is 1. The second kappa shape index (κ2) is 11.0. The average Bonchev–Trinajstić information content (AvgIpc) is 3.32. The van der Waals surface area contributed by atoms with E-state index < -0.39 is 40.2 Å². The third-order valence-corrected chi connectivity index (χ3v) is 8.27. The highest BCUT2D eigenvalue weighted by Crippen LogP contribution is 2.40. The van der Waals surface area contributed by atoms with E-state index in [1.165, 1.54) is 22.0 Å². The summed E-state index contributed by atoms with van der Waals surface area (Å²) in [6.07, 6.45) is 3.63. The minimum absolute atomic E-state index is 0.0810. The van der Waals surface area contributed by atoms with Gasteiger partial charge in [0.1, 0.15) is 22.8 Å². The van der Waals surface area contributed by atoms with Gasteiger partial charge in [-0.3, -0.25) is 19.3 Å². The molecular formula is C26H31N6O6S2+. The number of carboxylic acid groups (broad SMARTS) is 1. The van der Waals surface area contributed by atoms with Gasteiger partial charge < -0.3 is 21.0 Å². The molecule has 4 heterocycles. The van der Waals surface area contributed by atoms with Gasteiger partial charge in [0.15, 0.2) is 41.2 Å². The Hall–Kier alpha value is -3.78. The first-order valence-electron chi connectivity index (χ1n) is 12.4. The number of fused-ring (bicyclic) bond motifs is 1. The molecule has 2 aromatic heterocycles. The highest BCUT2D eigenvalue weighted by Gasteiger charge is 2.55. The number of carbonyl (C=O) groups is 4. The standard InChI is InChI=1S/C26H30N6O6S2/c1-25(2,3)23(37)26(4,5)38-30-16(15-13-40-24(27)28-15)19(33)29-17-20(34)32-18(22(35)36)14(12-39-21(17)32)11-31-9-7-6-8-10-31/h6-10,13,17,21H,11-12H2,1-5H3,(H3-,27,28,29,33,35,36)/p+1/t17-,21-/m1/s1. The van der Waals surface area contributed by atoms with Crippen molar-refractivity contribution in [3.8, 4) is 0 Å². The summed E-state index contributed by atoms with van der Waals surface area (Å²) in [6, 6.07) is 4.52. The summed E-state index contributed by atoms with van der Waals surface area (Å²) in [5.41, 5.74) is 4.04. The number of hydrogen-bond acceptors (Lipinski definition) is 10. The Labute approximate surface area is 239 Å². The number of pyridine rings is 1. The maximum Gasteiger partial charge on any atom is 0.352 e. The number of nitrogens with two attached hydrogens (primary N) is 1. The number of ketones is 1. The smallest absolute Gasteiger partial charge is 0.352 e. The number of aromatic nitrogens is 2. The van der Waals surface area contributed by atoms with Gasteiger partial charge in [-0.15, -0.1) is 23.1 Å². The second-order valence-electron chi connectivity index (χ2n) is 10.9. The van der Waals surface area contributed by atoms with Crippen LogP contribution in [0.2, 0.25) is 0 Å². The van der Waals surface area contributed by atoms with Crippen molar-refractivity contribution < 1.29 is 33.7 Å². The molecule has 0 aromatic carbocycles. The highest BCUT2D eigenvalue weighted by atomic mass is 32.2. The molecule has 1 saturated heterocycles. The zero-order valence-electron chi connectivity index (χ0n) is 22.7. The van der Waals surface area contributed by atoms with Gasteiger partial charge in [0, 0.05) is 34.3 Å². The number of Topliss-reactive ketones (excluding diaryl/α,β-unsaturated/α-hetero) is 1.